The van der Waals surface area contributed by atoms with Crippen LogP contribution in [-0.4, -0.2) is 42.5 Å². The van der Waals surface area contributed by atoms with Crippen molar-refractivity contribution < 1.29 is 18.3 Å². The molecule has 0 fully saturated rings. The van der Waals surface area contributed by atoms with Gasteiger partial charge < -0.3 is 15.0 Å². The molecule has 4 rings (SSSR count). The third-order valence-corrected chi connectivity index (χ3v) is 6.32. The summed E-state index contributed by atoms with van der Waals surface area (Å²) in [6.45, 7) is 7.57. The number of fused-ring (bicyclic) bond motifs is 1. The van der Waals surface area contributed by atoms with E-state index in [1.54, 1.807) is 13.8 Å². The van der Waals surface area contributed by atoms with E-state index in [1.165, 1.54) is 0 Å². The molecule has 0 saturated carbocycles. The lowest BCUT2D eigenvalue weighted by atomic mass is 9.93. The van der Waals surface area contributed by atoms with Crippen LogP contribution in [0.5, 0.6) is 0 Å². The first-order valence-corrected chi connectivity index (χ1v) is 12.0. The summed E-state index contributed by atoms with van der Waals surface area (Å²) < 4.78 is 43.4. The van der Waals surface area contributed by atoms with Crippen LogP contribution in [0.3, 0.4) is 0 Å². The molecular formula is C26H31F3N6O. The molecule has 4 aromatic rings. The number of nitrogens with zero attached hydrogens (tertiary/aromatic N) is 4. The summed E-state index contributed by atoms with van der Waals surface area (Å²) in [5.41, 5.74) is 2.72. The van der Waals surface area contributed by atoms with E-state index in [9.17, 15) is 18.3 Å². The number of imidazole rings is 1. The average Bonchev–Trinajstić information content (AvgIpc) is 3.39. The zero-order valence-corrected chi connectivity index (χ0v) is 21.0. The molecule has 10 heteroatoms. The standard InChI is InChI=1S/C26H31F3N6O/c1-6-19(25-31-14(2)13-35(25)5)17-8-7-9-18(10-17)23-20-11-21(26(27,28)29)32-22(24(20)34-33-23)16(4)30-12-15(3)36/h7-11,13,15-16,19,30,36H,6,12H2,1-5H3,(H,33,34)/t15-,16+,19-/m0/s1. The number of pyridine rings is 1. The average molecular weight is 501 g/mol. The third-order valence-electron chi connectivity index (χ3n) is 6.32. The van der Waals surface area contributed by atoms with Crippen molar-refractivity contribution in [2.45, 2.75) is 58.4 Å². The van der Waals surface area contributed by atoms with Crippen LogP contribution in [0.25, 0.3) is 22.2 Å². The maximum Gasteiger partial charge on any atom is 0.433 e. The lowest BCUT2D eigenvalue weighted by molar-refractivity contribution is -0.141. The number of halogens is 3. The molecule has 0 amide bonds. The molecule has 36 heavy (non-hydrogen) atoms. The zero-order valence-electron chi connectivity index (χ0n) is 21.0. The molecule has 3 heterocycles. The number of aliphatic hydroxyl groups excluding tert-OH is 1. The second-order valence-corrected chi connectivity index (χ2v) is 9.30. The fourth-order valence-electron chi connectivity index (χ4n) is 4.59. The zero-order chi connectivity index (χ0) is 26.2. The first kappa shape index (κ1) is 25.8. The molecule has 3 N–H and O–H groups in total. The Hall–Kier alpha value is -3.24. The van der Waals surface area contributed by atoms with Crippen LogP contribution < -0.4 is 5.32 Å². The van der Waals surface area contributed by atoms with Crippen molar-refractivity contribution in [1.82, 2.24) is 30.0 Å². The van der Waals surface area contributed by atoms with Crippen molar-refractivity contribution in [2.24, 2.45) is 7.05 Å². The lowest BCUT2D eigenvalue weighted by Gasteiger charge is -2.17. The first-order chi connectivity index (χ1) is 17.0. The van der Waals surface area contributed by atoms with Crippen LogP contribution in [0.2, 0.25) is 0 Å². The number of nitrogens with one attached hydrogen (secondary N) is 2. The van der Waals surface area contributed by atoms with Crippen LogP contribution in [0.4, 0.5) is 13.2 Å². The number of hydrogen-bond donors (Lipinski definition) is 3. The smallest absolute Gasteiger partial charge is 0.392 e. The van der Waals surface area contributed by atoms with Crippen molar-refractivity contribution >= 4 is 10.9 Å². The van der Waals surface area contributed by atoms with Gasteiger partial charge in [0.15, 0.2) is 0 Å². The van der Waals surface area contributed by atoms with E-state index < -0.39 is 24.0 Å². The Labute approximate surface area is 207 Å². The summed E-state index contributed by atoms with van der Waals surface area (Å²) in [7, 11) is 1.96. The predicted octanol–water partition coefficient (Wildman–Crippen LogP) is 5.26. The molecule has 0 radical (unpaired) electrons. The van der Waals surface area contributed by atoms with Gasteiger partial charge in [0.05, 0.1) is 23.0 Å². The van der Waals surface area contributed by atoms with Crippen LogP contribution >= 0.6 is 0 Å². The summed E-state index contributed by atoms with van der Waals surface area (Å²) >= 11 is 0. The van der Waals surface area contributed by atoms with Gasteiger partial charge in [0.2, 0.25) is 0 Å². The molecule has 0 saturated heterocycles. The Bertz CT molecular complexity index is 1360. The monoisotopic (exact) mass is 500 g/mol. The Kier molecular flexibility index (Phi) is 7.19. The number of benzene rings is 1. The molecule has 1 aromatic carbocycles. The molecule has 0 spiro atoms. The summed E-state index contributed by atoms with van der Waals surface area (Å²) in [6, 6.07) is 8.22. The molecule has 0 unspecified atom stereocenters. The second-order valence-electron chi connectivity index (χ2n) is 9.30. The van der Waals surface area contributed by atoms with Crippen LogP contribution in [0.15, 0.2) is 36.5 Å². The van der Waals surface area contributed by atoms with Crippen LogP contribution in [0.1, 0.15) is 67.6 Å². The molecule has 0 aliphatic heterocycles. The number of H-pyrrole nitrogens is 1. The minimum Gasteiger partial charge on any atom is -0.392 e. The van der Waals surface area contributed by atoms with Gasteiger partial charge in [-0.15, -0.1) is 0 Å². The maximum absolute atomic E-state index is 13.8. The van der Waals surface area contributed by atoms with Gasteiger partial charge >= 0.3 is 6.18 Å². The first-order valence-electron chi connectivity index (χ1n) is 12.0. The van der Waals surface area contributed by atoms with E-state index in [2.05, 4.69) is 32.4 Å². The van der Waals surface area contributed by atoms with E-state index in [4.69, 9.17) is 0 Å². The Morgan fingerprint density at radius 3 is 2.53 bits per heavy atom. The maximum atomic E-state index is 13.8. The number of aromatic amines is 1. The molecule has 192 valence electrons. The van der Waals surface area contributed by atoms with Crippen molar-refractivity contribution in [2.75, 3.05) is 6.54 Å². The molecule has 0 aliphatic rings. The quantitative estimate of drug-likeness (QED) is 0.307. The van der Waals surface area contributed by atoms with Crippen LogP contribution in [-0.2, 0) is 13.2 Å². The van der Waals surface area contributed by atoms with Gasteiger partial charge in [-0.2, -0.15) is 18.3 Å². The van der Waals surface area contributed by atoms with Crippen molar-refractivity contribution in [3.8, 4) is 11.3 Å². The number of rotatable bonds is 8. The molecular weight excluding hydrogens is 469 g/mol. The largest absolute Gasteiger partial charge is 0.433 e. The van der Waals surface area contributed by atoms with Gasteiger partial charge in [-0.05, 0) is 44.9 Å². The summed E-state index contributed by atoms with van der Waals surface area (Å²) in [5.74, 6) is 0.962. The lowest BCUT2D eigenvalue weighted by Crippen LogP contribution is -2.28. The highest BCUT2D eigenvalue weighted by atomic mass is 19.4. The van der Waals surface area contributed by atoms with Gasteiger partial charge in [-0.3, -0.25) is 5.10 Å². The SMILES string of the molecule is CC[C@@H](c1cccc(-c2n[nH]c3c([C@@H](C)NC[C@H](C)O)nc(C(F)(F)F)cc23)c1)c1nc(C)cn1C. The minimum absolute atomic E-state index is 0.0292. The van der Waals surface area contributed by atoms with Gasteiger partial charge in [0.1, 0.15) is 17.2 Å². The van der Waals surface area contributed by atoms with Gasteiger partial charge in [0.25, 0.3) is 0 Å². The number of aliphatic hydroxyl groups is 1. The fourth-order valence-corrected chi connectivity index (χ4v) is 4.59. The molecule has 3 atom stereocenters. The molecule has 0 bridgehead atoms. The third kappa shape index (κ3) is 5.15. The van der Waals surface area contributed by atoms with E-state index in [1.807, 2.05) is 49.0 Å². The highest BCUT2D eigenvalue weighted by Crippen LogP contribution is 2.37. The van der Waals surface area contributed by atoms with Crippen molar-refractivity contribution in [3.63, 3.8) is 0 Å². The number of aromatic nitrogens is 5. The molecule has 3 aromatic heterocycles. The minimum atomic E-state index is -4.62. The second kappa shape index (κ2) is 10.0. The molecule has 0 aliphatic carbocycles. The van der Waals surface area contributed by atoms with Crippen molar-refractivity contribution in [3.05, 3.63) is 65.0 Å². The van der Waals surface area contributed by atoms with E-state index >= 15 is 0 Å². The highest BCUT2D eigenvalue weighted by molar-refractivity contribution is 5.94. The summed E-state index contributed by atoms with van der Waals surface area (Å²) in [6.07, 6.45) is -2.48. The topological polar surface area (TPSA) is 91.7 Å². The predicted molar refractivity (Wildman–Crippen MR) is 133 cm³/mol. The number of hydrogen-bond acceptors (Lipinski definition) is 5. The van der Waals surface area contributed by atoms with Gasteiger partial charge in [0, 0.05) is 42.7 Å². The Morgan fingerprint density at radius 1 is 1.17 bits per heavy atom. The van der Waals surface area contributed by atoms with E-state index in [0.717, 1.165) is 29.6 Å². The van der Waals surface area contributed by atoms with Gasteiger partial charge in [-0.25, -0.2) is 9.97 Å². The fraction of sp³-hybridized carbons (Fsp3) is 0.423. The van der Waals surface area contributed by atoms with Crippen LogP contribution in [0, 0.1) is 6.92 Å². The van der Waals surface area contributed by atoms with E-state index in [0.29, 0.717) is 22.2 Å². The normalized spacial score (nSPS) is 14.8. The summed E-state index contributed by atoms with van der Waals surface area (Å²) in [4.78, 5) is 8.60. The van der Waals surface area contributed by atoms with Gasteiger partial charge in [-0.1, -0.05) is 25.1 Å². The highest BCUT2D eigenvalue weighted by Gasteiger charge is 2.35. The molecule has 7 nitrogen and oxygen atoms in total. The Balaban J connectivity index is 1.82. The Morgan fingerprint density at radius 2 is 1.92 bits per heavy atom. The number of alkyl halides is 3. The number of aryl methyl sites for hydroxylation is 2. The van der Waals surface area contributed by atoms with Crippen molar-refractivity contribution in [1.29, 1.82) is 0 Å². The summed E-state index contributed by atoms with van der Waals surface area (Å²) in [5, 5.41) is 20.3. The van der Waals surface area contributed by atoms with E-state index in [-0.39, 0.29) is 18.2 Å².